The van der Waals surface area contributed by atoms with Gasteiger partial charge in [-0.1, -0.05) is 0 Å². The molecule has 0 aliphatic carbocycles. The Morgan fingerprint density at radius 1 is 1.22 bits per heavy atom. The van der Waals surface area contributed by atoms with E-state index in [-0.39, 0.29) is 0 Å². The highest BCUT2D eigenvalue weighted by Gasteiger charge is 1.94. The lowest BCUT2D eigenvalue weighted by Gasteiger charge is -1.98. The SMILES string of the molecule is Cc1c(S)cncc1S. The van der Waals surface area contributed by atoms with Gasteiger partial charge in [-0.2, -0.15) is 0 Å². The molecule has 0 aromatic carbocycles. The first-order chi connectivity index (χ1) is 4.22. The summed E-state index contributed by atoms with van der Waals surface area (Å²) in [6.45, 7) is 1.96. The van der Waals surface area contributed by atoms with Crippen molar-refractivity contribution in [3.63, 3.8) is 0 Å². The van der Waals surface area contributed by atoms with Crippen LogP contribution in [0.3, 0.4) is 0 Å². The molecule has 0 radical (unpaired) electrons. The fourth-order valence-corrected chi connectivity index (χ4v) is 0.966. The van der Waals surface area contributed by atoms with Crippen LogP contribution < -0.4 is 0 Å². The van der Waals surface area contributed by atoms with Crippen molar-refractivity contribution in [2.24, 2.45) is 0 Å². The van der Waals surface area contributed by atoms with E-state index in [0.717, 1.165) is 15.4 Å². The monoisotopic (exact) mass is 157 g/mol. The molecule has 0 spiro atoms. The zero-order valence-electron chi connectivity index (χ0n) is 5.00. The van der Waals surface area contributed by atoms with Crippen LogP contribution in [0, 0.1) is 6.92 Å². The van der Waals surface area contributed by atoms with Crippen LogP contribution in [0.25, 0.3) is 0 Å². The van der Waals surface area contributed by atoms with Crippen molar-refractivity contribution in [3.05, 3.63) is 18.0 Å². The zero-order chi connectivity index (χ0) is 6.85. The molecule has 48 valence electrons. The van der Waals surface area contributed by atoms with Crippen molar-refractivity contribution in [3.8, 4) is 0 Å². The number of hydrogen-bond donors (Lipinski definition) is 2. The predicted octanol–water partition coefficient (Wildman–Crippen LogP) is 1.97. The van der Waals surface area contributed by atoms with Crippen LogP contribution >= 0.6 is 25.3 Å². The largest absolute Gasteiger partial charge is 0.262 e. The number of rotatable bonds is 0. The van der Waals surface area contributed by atoms with E-state index in [0.29, 0.717) is 0 Å². The lowest BCUT2D eigenvalue weighted by molar-refractivity contribution is 1.10. The van der Waals surface area contributed by atoms with Crippen LogP contribution in [-0.4, -0.2) is 4.98 Å². The number of thiol groups is 2. The Morgan fingerprint density at radius 2 is 1.67 bits per heavy atom. The summed E-state index contributed by atoms with van der Waals surface area (Å²) >= 11 is 8.31. The van der Waals surface area contributed by atoms with E-state index >= 15 is 0 Å². The van der Waals surface area contributed by atoms with Gasteiger partial charge in [-0.3, -0.25) is 4.98 Å². The molecular formula is C6H7NS2. The van der Waals surface area contributed by atoms with Crippen LogP contribution in [0.5, 0.6) is 0 Å². The van der Waals surface area contributed by atoms with Crippen LogP contribution in [-0.2, 0) is 0 Å². The molecule has 1 rings (SSSR count). The lowest BCUT2D eigenvalue weighted by atomic mass is 10.3. The van der Waals surface area contributed by atoms with Crippen LogP contribution in [0.15, 0.2) is 22.2 Å². The molecule has 0 fully saturated rings. The van der Waals surface area contributed by atoms with E-state index in [1.807, 2.05) is 6.92 Å². The summed E-state index contributed by atoms with van der Waals surface area (Å²) in [7, 11) is 0. The van der Waals surface area contributed by atoms with Gasteiger partial charge >= 0.3 is 0 Å². The van der Waals surface area contributed by atoms with Crippen molar-refractivity contribution in [2.75, 3.05) is 0 Å². The van der Waals surface area contributed by atoms with Gasteiger partial charge in [0.05, 0.1) is 0 Å². The fourth-order valence-electron chi connectivity index (χ4n) is 0.503. The average Bonchev–Trinajstić information content (AvgIpc) is 1.83. The normalized spacial score (nSPS) is 9.67. The molecule has 1 aromatic rings. The Hall–Kier alpha value is -0.150. The van der Waals surface area contributed by atoms with Gasteiger partial charge in [-0.25, -0.2) is 0 Å². The number of aromatic nitrogens is 1. The summed E-state index contributed by atoms with van der Waals surface area (Å²) in [6, 6.07) is 0. The van der Waals surface area contributed by atoms with Crippen molar-refractivity contribution >= 4 is 25.3 Å². The summed E-state index contributed by atoms with van der Waals surface area (Å²) in [5, 5.41) is 0. The third-order valence-corrected chi connectivity index (χ3v) is 2.06. The second kappa shape index (κ2) is 2.62. The minimum atomic E-state index is 0.891. The predicted molar refractivity (Wildman–Crippen MR) is 43.5 cm³/mol. The molecule has 0 N–H and O–H groups in total. The number of nitrogens with zero attached hydrogens (tertiary/aromatic N) is 1. The summed E-state index contributed by atoms with van der Waals surface area (Å²) in [5.41, 5.74) is 1.08. The lowest BCUT2D eigenvalue weighted by Crippen LogP contribution is -1.80. The van der Waals surface area contributed by atoms with Crippen molar-refractivity contribution in [1.29, 1.82) is 0 Å². The first-order valence-electron chi connectivity index (χ1n) is 2.54. The molecule has 0 saturated heterocycles. The van der Waals surface area contributed by atoms with E-state index in [1.165, 1.54) is 0 Å². The maximum atomic E-state index is 4.16. The first kappa shape index (κ1) is 6.96. The van der Waals surface area contributed by atoms with Crippen molar-refractivity contribution in [2.45, 2.75) is 16.7 Å². The second-order valence-corrected chi connectivity index (χ2v) is 2.77. The molecule has 0 atom stereocenters. The third kappa shape index (κ3) is 1.40. The van der Waals surface area contributed by atoms with Crippen LogP contribution in [0.4, 0.5) is 0 Å². The van der Waals surface area contributed by atoms with Gasteiger partial charge in [-0.15, -0.1) is 25.3 Å². The number of pyridine rings is 1. The van der Waals surface area contributed by atoms with Gasteiger partial charge in [0.15, 0.2) is 0 Å². The summed E-state index contributed by atoms with van der Waals surface area (Å²) in [4.78, 5) is 5.67. The highest BCUT2D eigenvalue weighted by molar-refractivity contribution is 7.81. The second-order valence-electron chi connectivity index (χ2n) is 1.80. The van der Waals surface area contributed by atoms with Crippen molar-refractivity contribution < 1.29 is 0 Å². The molecular weight excluding hydrogens is 150 g/mol. The number of hydrogen-bond acceptors (Lipinski definition) is 3. The molecule has 3 heteroatoms. The third-order valence-electron chi connectivity index (χ3n) is 1.16. The summed E-state index contributed by atoms with van der Waals surface area (Å²) in [6.07, 6.45) is 3.41. The minimum Gasteiger partial charge on any atom is -0.262 e. The molecule has 1 nitrogen and oxygen atoms in total. The maximum absolute atomic E-state index is 4.16. The van der Waals surface area contributed by atoms with Gasteiger partial charge in [0.2, 0.25) is 0 Å². The smallest absolute Gasteiger partial charge is 0.0404 e. The quantitative estimate of drug-likeness (QED) is 0.549. The topological polar surface area (TPSA) is 12.9 Å². The maximum Gasteiger partial charge on any atom is 0.0404 e. The molecule has 0 saturated carbocycles. The van der Waals surface area contributed by atoms with Gasteiger partial charge in [0.25, 0.3) is 0 Å². The fraction of sp³-hybridized carbons (Fsp3) is 0.167. The summed E-state index contributed by atoms with van der Waals surface area (Å²) < 4.78 is 0. The van der Waals surface area contributed by atoms with E-state index < -0.39 is 0 Å². The van der Waals surface area contributed by atoms with E-state index in [1.54, 1.807) is 12.4 Å². The summed E-state index contributed by atoms with van der Waals surface area (Å²) in [5.74, 6) is 0. The highest BCUT2D eigenvalue weighted by atomic mass is 32.1. The molecule has 0 amide bonds. The van der Waals surface area contributed by atoms with Gasteiger partial charge in [-0.05, 0) is 12.5 Å². The zero-order valence-corrected chi connectivity index (χ0v) is 6.79. The van der Waals surface area contributed by atoms with Gasteiger partial charge in [0, 0.05) is 22.2 Å². The molecule has 0 bridgehead atoms. The van der Waals surface area contributed by atoms with Gasteiger partial charge in [0.1, 0.15) is 0 Å². The van der Waals surface area contributed by atoms with E-state index in [2.05, 4.69) is 30.2 Å². The van der Waals surface area contributed by atoms with E-state index in [4.69, 9.17) is 0 Å². The molecule has 0 aliphatic rings. The van der Waals surface area contributed by atoms with Gasteiger partial charge < -0.3 is 0 Å². The average molecular weight is 157 g/mol. The van der Waals surface area contributed by atoms with Crippen LogP contribution in [0.2, 0.25) is 0 Å². The molecule has 1 heterocycles. The highest BCUT2D eigenvalue weighted by Crippen LogP contribution is 2.17. The Bertz CT molecular complexity index is 202. The Balaban J connectivity index is 3.25. The molecule has 0 unspecified atom stereocenters. The first-order valence-corrected chi connectivity index (χ1v) is 3.44. The standard InChI is InChI=1S/C6H7NS2/c1-4-5(8)2-7-3-6(4)9/h2-3,8-9H,1H3. The Kier molecular flexibility index (Phi) is 2.03. The Labute approximate surface area is 65.3 Å². The minimum absolute atomic E-state index is 0.891. The molecule has 9 heavy (non-hydrogen) atoms. The Morgan fingerprint density at radius 3 is 2.00 bits per heavy atom. The molecule has 0 aliphatic heterocycles. The van der Waals surface area contributed by atoms with E-state index in [9.17, 15) is 0 Å². The van der Waals surface area contributed by atoms with Crippen molar-refractivity contribution in [1.82, 2.24) is 4.98 Å². The van der Waals surface area contributed by atoms with Crippen LogP contribution in [0.1, 0.15) is 5.56 Å². The molecule has 1 aromatic heterocycles.